The molecule has 0 bridgehead atoms. The zero-order valence-corrected chi connectivity index (χ0v) is 6.03. The van der Waals surface area contributed by atoms with Gasteiger partial charge in [0.05, 0.1) is 0 Å². The molecule has 56 valence electrons. The fraction of sp³-hybridized carbons (Fsp3) is 0. The lowest BCUT2D eigenvalue weighted by atomic mass is 10.1. The van der Waals surface area contributed by atoms with Gasteiger partial charge in [0.1, 0.15) is 0 Å². The molecule has 0 aliphatic rings. The first-order chi connectivity index (χ1) is 5.38. The standard InChI is InChI=1S/C9H9NO/c10-6-9(7-11)8-4-2-1-3-5-8/h1-7H,10H2/b9-6-. The van der Waals surface area contributed by atoms with Gasteiger partial charge in [0.15, 0.2) is 6.29 Å². The highest BCUT2D eigenvalue weighted by Crippen LogP contribution is 2.08. The predicted molar refractivity (Wildman–Crippen MR) is 44.7 cm³/mol. The largest absolute Gasteiger partial charge is 0.404 e. The van der Waals surface area contributed by atoms with E-state index in [9.17, 15) is 4.79 Å². The fourth-order valence-corrected chi connectivity index (χ4v) is 0.834. The molecule has 11 heavy (non-hydrogen) atoms. The van der Waals surface area contributed by atoms with Gasteiger partial charge in [-0.3, -0.25) is 4.79 Å². The molecule has 2 nitrogen and oxygen atoms in total. The van der Waals surface area contributed by atoms with Crippen molar-refractivity contribution in [2.45, 2.75) is 0 Å². The van der Waals surface area contributed by atoms with Crippen LogP contribution in [0.1, 0.15) is 5.56 Å². The van der Waals surface area contributed by atoms with E-state index in [1.807, 2.05) is 30.3 Å². The van der Waals surface area contributed by atoms with Gasteiger partial charge in [-0.25, -0.2) is 0 Å². The van der Waals surface area contributed by atoms with Gasteiger partial charge in [-0.1, -0.05) is 30.3 Å². The van der Waals surface area contributed by atoms with Crippen molar-refractivity contribution >= 4 is 11.9 Å². The molecule has 0 amide bonds. The normalized spacial score (nSPS) is 11.1. The summed E-state index contributed by atoms with van der Waals surface area (Å²) in [7, 11) is 0. The van der Waals surface area contributed by atoms with Crippen molar-refractivity contribution in [3.8, 4) is 0 Å². The molecular formula is C9H9NO. The maximum absolute atomic E-state index is 10.4. The van der Waals surface area contributed by atoms with E-state index in [-0.39, 0.29) is 0 Å². The summed E-state index contributed by atoms with van der Waals surface area (Å²) in [6.07, 6.45) is 2.05. The molecule has 0 aliphatic heterocycles. The Balaban J connectivity index is 3.01. The number of hydrogen-bond acceptors (Lipinski definition) is 2. The van der Waals surface area contributed by atoms with Gasteiger partial charge in [0.2, 0.25) is 0 Å². The van der Waals surface area contributed by atoms with Crippen LogP contribution in [-0.2, 0) is 4.79 Å². The number of hydrogen-bond donors (Lipinski definition) is 1. The second kappa shape index (κ2) is 3.56. The first kappa shape index (κ1) is 7.54. The van der Waals surface area contributed by atoms with Crippen LogP contribution in [0.3, 0.4) is 0 Å². The first-order valence-electron chi connectivity index (χ1n) is 3.31. The fourth-order valence-electron chi connectivity index (χ4n) is 0.834. The summed E-state index contributed by atoms with van der Waals surface area (Å²) in [5.74, 6) is 0. The Morgan fingerprint density at radius 2 is 1.91 bits per heavy atom. The van der Waals surface area contributed by atoms with Gasteiger partial charge in [-0.05, 0) is 5.56 Å². The van der Waals surface area contributed by atoms with E-state index in [0.29, 0.717) is 5.57 Å². The minimum Gasteiger partial charge on any atom is -0.404 e. The molecular weight excluding hydrogens is 138 g/mol. The zero-order chi connectivity index (χ0) is 8.10. The Labute approximate surface area is 65.3 Å². The predicted octanol–water partition coefficient (Wildman–Crippen LogP) is 1.19. The molecule has 0 saturated carbocycles. The Morgan fingerprint density at radius 3 is 2.36 bits per heavy atom. The second-order valence-corrected chi connectivity index (χ2v) is 2.11. The molecule has 0 atom stereocenters. The third-order valence-corrected chi connectivity index (χ3v) is 1.41. The van der Waals surface area contributed by atoms with Crippen LogP contribution in [0.4, 0.5) is 0 Å². The van der Waals surface area contributed by atoms with E-state index >= 15 is 0 Å². The first-order valence-corrected chi connectivity index (χ1v) is 3.31. The van der Waals surface area contributed by atoms with Gasteiger partial charge in [0, 0.05) is 11.8 Å². The zero-order valence-electron chi connectivity index (χ0n) is 6.03. The molecule has 1 rings (SSSR count). The molecule has 0 saturated heterocycles. The third kappa shape index (κ3) is 1.67. The number of carbonyl (C=O) groups is 1. The van der Waals surface area contributed by atoms with E-state index < -0.39 is 0 Å². The summed E-state index contributed by atoms with van der Waals surface area (Å²) < 4.78 is 0. The lowest BCUT2D eigenvalue weighted by molar-refractivity contribution is -0.103. The van der Waals surface area contributed by atoms with Gasteiger partial charge < -0.3 is 5.73 Å². The molecule has 0 radical (unpaired) electrons. The van der Waals surface area contributed by atoms with E-state index in [4.69, 9.17) is 5.73 Å². The number of carbonyl (C=O) groups excluding carboxylic acids is 1. The van der Waals surface area contributed by atoms with Crippen molar-refractivity contribution in [1.82, 2.24) is 0 Å². The highest BCUT2D eigenvalue weighted by molar-refractivity contribution is 6.06. The average molecular weight is 147 g/mol. The summed E-state index contributed by atoms with van der Waals surface area (Å²) in [6, 6.07) is 9.30. The van der Waals surface area contributed by atoms with Crippen LogP contribution in [-0.4, -0.2) is 6.29 Å². The third-order valence-electron chi connectivity index (χ3n) is 1.41. The maximum atomic E-state index is 10.4. The SMILES string of the molecule is N/C=C(/C=O)c1ccccc1. The molecule has 0 unspecified atom stereocenters. The van der Waals surface area contributed by atoms with Crippen molar-refractivity contribution < 1.29 is 4.79 Å². The van der Waals surface area contributed by atoms with Gasteiger partial charge in [-0.2, -0.15) is 0 Å². The summed E-state index contributed by atoms with van der Waals surface area (Å²) >= 11 is 0. The van der Waals surface area contributed by atoms with Gasteiger partial charge in [0.25, 0.3) is 0 Å². The average Bonchev–Trinajstić information content (AvgIpc) is 2.09. The number of aldehydes is 1. The molecule has 1 aromatic rings. The van der Waals surface area contributed by atoms with Gasteiger partial charge in [-0.15, -0.1) is 0 Å². The molecule has 0 spiro atoms. The molecule has 0 fully saturated rings. The second-order valence-electron chi connectivity index (χ2n) is 2.11. The highest BCUT2D eigenvalue weighted by atomic mass is 16.1. The minimum atomic E-state index is 0.519. The maximum Gasteiger partial charge on any atom is 0.152 e. The summed E-state index contributed by atoms with van der Waals surface area (Å²) in [6.45, 7) is 0. The smallest absolute Gasteiger partial charge is 0.152 e. The van der Waals surface area contributed by atoms with Crippen molar-refractivity contribution in [1.29, 1.82) is 0 Å². The number of benzene rings is 1. The Bertz CT molecular complexity index is 264. The quantitative estimate of drug-likeness (QED) is 0.504. The van der Waals surface area contributed by atoms with Crippen LogP contribution in [0, 0.1) is 0 Å². The topological polar surface area (TPSA) is 43.1 Å². The number of rotatable bonds is 2. The van der Waals surface area contributed by atoms with Crippen LogP contribution in [0.15, 0.2) is 36.5 Å². The van der Waals surface area contributed by atoms with Crippen LogP contribution >= 0.6 is 0 Å². The lowest BCUT2D eigenvalue weighted by Crippen LogP contribution is -1.89. The van der Waals surface area contributed by atoms with E-state index in [1.54, 1.807) is 0 Å². The van der Waals surface area contributed by atoms with E-state index in [1.165, 1.54) is 6.20 Å². The van der Waals surface area contributed by atoms with Crippen LogP contribution in [0.2, 0.25) is 0 Å². The Hall–Kier alpha value is -1.57. The molecule has 1 aromatic carbocycles. The van der Waals surface area contributed by atoms with Gasteiger partial charge >= 0.3 is 0 Å². The molecule has 0 aromatic heterocycles. The van der Waals surface area contributed by atoms with E-state index in [0.717, 1.165) is 11.8 Å². The number of nitrogens with two attached hydrogens (primary N) is 1. The minimum absolute atomic E-state index is 0.519. The Morgan fingerprint density at radius 1 is 1.27 bits per heavy atom. The summed E-state index contributed by atoms with van der Waals surface area (Å²) in [5, 5.41) is 0. The van der Waals surface area contributed by atoms with Crippen LogP contribution < -0.4 is 5.73 Å². The lowest BCUT2D eigenvalue weighted by Gasteiger charge is -1.95. The van der Waals surface area contributed by atoms with Crippen LogP contribution in [0.25, 0.3) is 5.57 Å². The van der Waals surface area contributed by atoms with Crippen molar-refractivity contribution in [2.75, 3.05) is 0 Å². The summed E-state index contributed by atoms with van der Waals surface area (Å²) in [4.78, 5) is 10.4. The van der Waals surface area contributed by atoms with Crippen molar-refractivity contribution in [3.05, 3.63) is 42.1 Å². The van der Waals surface area contributed by atoms with Crippen molar-refractivity contribution in [3.63, 3.8) is 0 Å². The van der Waals surface area contributed by atoms with E-state index in [2.05, 4.69) is 0 Å². The molecule has 2 N–H and O–H groups in total. The van der Waals surface area contributed by atoms with Crippen LogP contribution in [0.5, 0.6) is 0 Å². The monoisotopic (exact) mass is 147 g/mol. The summed E-state index contributed by atoms with van der Waals surface area (Å²) in [5.41, 5.74) is 6.59. The molecule has 0 heterocycles. The number of allylic oxidation sites excluding steroid dienone is 1. The molecule has 2 heteroatoms. The van der Waals surface area contributed by atoms with Crippen molar-refractivity contribution in [2.24, 2.45) is 5.73 Å². The molecule has 0 aliphatic carbocycles. The Kier molecular flexibility index (Phi) is 2.44. The highest BCUT2D eigenvalue weighted by Gasteiger charge is 1.95.